The highest BCUT2D eigenvalue weighted by atomic mass is 15.3. The monoisotopic (exact) mass is 222 g/mol. The first-order valence-corrected chi connectivity index (χ1v) is 6.36. The van der Waals surface area contributed by atoms with Crippen LogP contribution in [0.1, 0.15) is 19.3 Å². The largest absolute Gasteiger partial charge is 0.315 e. The van der Waals surface area contributed by atoms with E-state index in [2.05, 4.69) is 15.3 Å². The minimum absolute atomic E-state index is 1.02. The smallest absolute Gasteiger partial charge is 0.0489 e. The number of aromatic nitrogens is 2. The number of rotatable bonds is 7. The molecule has 1 aromatic heterocycles. The molecule has 0 aliphatic carbocycles. The molecule has 2 rings (SSSR count). The molecule has 1 N–H and O–H groups in total. The Bertz CT molecular complexity index is 265. The lowest BCUT2D eigenvalue weighted by molar-refractivity contribution is 0.335. The molecule has 1 aliphatic heterocycles. The molecule has 4 nitrogen and oxygen atoms in total. The normalized spacial score (nSPS) is 17.0. The lowest BCUT2D eigenvalue weighted by Gasteiger charge is -2.14. The Morgan fingerprint density at radius 2 is 2.00 bits per heavy atom. The van der Waals surface area contributed by atoms with Gasteiger partial charge in [-0.15, -0.1) is 0 Å². The van der Waals surface area contributed by atoms with Gasteiger partial charge in [-0.25, -0.2) is 0 Å². The van der Waals surface area contributed by atoms with Gasteiger partial charge in [0.15, 0.2) is 0 Å². The molecule has 0 bridgehead atoms. The van der Waals surface area contributed by atoms with E-state index in [1.165, 1.54) is 32.5 Å². The summed E-state index contributed by atoms with van der Waals surface area (Å²) in [4.78, 5) is 2.54. The SMILES string of the molecule is c1cnn(CCCNCCN2CCCC2)c1. The summed E-state index contributed by atoms with van der Waals surface area (Å²) in [5, 5.41) is 7.67. The Morgan fingerprint density at radius 1 is 1.12 bits per heavy atom. The average Bonchev–Trinajstić information content (AvgIpc) is 2.96. The van der Waals surface area contributed by atoms with Gasteiger partial charge in [-0.1, -0.05) is 0 Å². The van der Waals surface area contributed by atoms with Crippen molar-refractivity contribution in [2.75, 3.05) is 32.7 Å². The molecule has 2 heterocycles. The van der Waals surface area contributed by atoms with Gasteiger partial charge in [0.1, 0.15) is 0 Å². The molecule has 0 spiro atoms. The Hall–Kier alpha value is -0.870. The van der Waals surface area contributed by atoms with Crippen LogP contribution < -0.4 is 5.32 Å². The standard InChI is InChI=1S/C12H22N4/c1-2-9-15(8-1)12-7-13-5-3-10-16-11-4-6-14-16/h4,6,11,13H,1-3,5,7-10,12H2. The Labute approximate surface area is 97.6 Å². The molecule has 4 heteroatoms. The summed E-state index contributed by atoms with van der Waals surface area (Å²) >= 11 is 0. The van der Waals surface area contributed by atoms with Crippen molar-refractivity contribution in [2.45, 2.75) is 25.8 Å². The van der Waals surface area contributed by atoms with E-state index in [-0.39, 0.29) is 0 Å². The Morgan fingerprint density at radius 3 is 2.75 bits per heavy atom. The van der Waals surface area contributed by atoms with Gasteiger partial charge in [-0.2, -0.15) is 5.10 Å². The zero-order chi connectivity index (χ0) is 11.1. The van der Waals surface area contributed by atoms with Crippen molar-refractivity contribution in [3.63, 3.8) is 0 Å². The van der Waals surface area contributed by atoms with E-state index in [1.54, 1.807) is 0 Å². The highest BCUT2D eigenvalue weighted by Gasteiger charge is 2.09. The van der Waals surface area contributed by atoms with Crippen molar-refractivity contribution < 1.29 is 0 Å². The van der Waals surface area contributed by atoms with Gasteiger partial charge in [0.25, 0.3) is 0 Å². The van der Waals surface area contributed by atoms with Crippen molar-refractivity contribution in [1.82, 2.24) is 20.0 Å². The van der Waals surface area contributed by atoms with Crippen LogP contribution in [-0.4, -0.2) is 47.4 Å². The topological polar surface area (TPSA) is 33.1 Å². The summed E-state index contributed by atoms with van der Waals surface area (Å²) in [7, 11) is 0. The van der Waals surface area contributed by atoms with Crippen LogP contribution in [0.4, 0.5) is 0 Å². The number of hydrogen-bond donors (Lipinski definition) is 1. The third-order valence-corrected chi connectivity index (χ3v) is 3.10. The van der Waals surface area contributed by atoms with Gasteiger partial charge in [-0.3, -0.25) is 4.68 Å². The first-order chi connectivity index (χ1) is 7.95. The van der Waals surface area contributed by atoms with E-state index >= 15 is 0 Å². The van der Waals surface area contributed by atoms with Crippen molar-refractivity contribution in [3.8, 4) is 0 Å². The highest BCUT2D eigenvalue weighted by Crippen LogP contribution is 2.05. The van der Waals surface area contributed by atoms with E-state index in [0.717, 1.165) is 26.1 Å². The van der Waals surface area contributed by atoms with Crippen LogP contribution >= 0.6 is 0 Å². The van der Waals surface area contributed by atoms with Crippen LogP contribution in [0.15, 0.2) is 18.5 Å². The van der Waals surface area contributed by atoms with Crippen molar-refractivity contribution >= 4 is 0 Å². The van der Waals surface area contributed by atoms with Gasteiger partial charge in [0.2, 0.25) is 0 Å². The lowest BCUT2D eigenvalue weighted by Crippen LogP contribution is -2.30. The molecule has 16 heavy (non-hydrogen) atoms. The molecular weight excluding hydrogens is 200 g/mol. The van der Waals surface area contributed by atoms with E-state index in [4.69, 9.17) is 0 Å². The van der Waals surface area contributed by atoms with Gasteiger partial charge in [0.05, 0.1) is 0 Å². The fraction of sp³-hybridized carbons (Fsp3) is 0.750. The van der Waals surface area contributed by atoms with Gasteiger partial charge < -0.3 is 10.2 Å². The Balaban J connectivity index is 1.43. The summed E-state index contributed by atoms with van der Waals surface area (Å²) in [6.45, 7) is 7.04. The van der Waals surface area contributed by atoms with Gasteiger partial charge in [0, 0.05) is 32.0 Å². The van der Waals surface area contributed by atoms with Crippen molar-refractivity contribution in [2.24, 2.45) is 0 Å². The fourth-order valence-electron chi connectivity index (χ4n) is 2.17. The summed E-state index contributed by atoms with van der Waals surface area (Å²) in [5.41, 5.74) is 0. The van der Waals surface area contributed by atoms with Gasteiger partial charge >= 0.3 is 0 Å². The molecule has 1 aliphatic rings. The molecule has 0 amide bonds. The Kier molecular flexibility index (Phi) is 4.83. The summed E-state index contributed by atoms with van der Waals surface area (Å²) in [6, 6.07) is 1.97. The second-order valence-corrected chi connectivity index (χ2v) is 4.42. The lowest BCUT2D eigenvalue weighted by atomic mass is 10.4. The van der Waals surface area contributed by atoms with Crippen LogP contribution in [0.25, 0.3) is 0 Å². The molecule has 0 radical (unpaired) electrons. The quantitative estimate of drug-likeness (QED) is 0.698. The molecule has 0 aromatic carbocycles. The average molecular weight is 222 g/mol. The molecular formula is C12H22N4. The number of likely N-dealkylation sites (tertiary alicyclic amines) is 1. The molecule has 0 saturated carbocycles. The minimum atomic E-state index is 1.02. The molecule has 1 saturated heterocycles. The molecule has 1 fully saturated rings. The molecule has 1 aromatic rings. The maximum atomic E-state index is 4.18. The second kappa shape index (κ2) is 6.66. The zero-order valence-corrected chi connectivity index (χ0v) is 9.94. The van der Waals surface area contributed by atoms with Crippen LogP contribution in [0.3, 0.4) is 0 Å². The van der Waals surface area contributed by atoms with E-state index < -0.39 is 0 Å². The predicted molar refractivity (Wildman–Crippen MR) is 65.4 cm³/mol. The van der Waals surface area contributed by atoms with Crippen LogP contribution in [0, 0.1) is 0 Å². The number of aryl methyl sites for hydroxylation is 1. The first-order valence-electron chi connectivity index (χ1n) is 6.36. The predicted octanol–water partition coefficient (Wildman–Crippen LogP) is 0.959. The van der Waals surface area contributed by atoms with Gasteiger partial charge in [-0.05, 0) is 45.0 Å². The number of hydrogen-bond acceptors (Lipinski definition) is 3. The number of nitrogens with one attached hydrogen (secondary N) is 1. The van der Waals surface area contributed by atoms with E-state index in [9.17, 15) is 0 Å². The minimum Gasteiger partial charge on any atom is -0.315 e. The second-order valence-electron chi connectivity index (χ2n) is 4.42. The zero-order valence-electron chi connectivity index (χ0n) is 9.94. The highest BCUT2D eigenvalue weighted by molar-refractivity contribution is 4.77. The van der Waals surface area contributed by atoms with Crippen molar-refractivity contribution in [1.29, 1.82) is 0 Å². The summed E-state index contributed by atoms with van der Waals surface area (Å²) in [5.74, 6) is 0. The first kappa shape index (κ1) is 11.6. The fourth-order valence-corrected chi connectivity index (χ4v) is 2.17. The van der Waals surface area contributed by atoms with E-state index in [0.29, 0.717) is 0 Å². The number of nitrogens with zero attached hydrogens (tertiary/aromatic N) is 3. The third kappa shape index (κ3) is 3.94. The molecule has 90 valence electrons. The third-order valence-electron chi connectivity index (χ3n) is 3.10. The summed E-state index contributed by atoms with van der Waals surface area (Å²) in [6.07, 6.45) is 7.78. The van der Waals surface area contributed by atoms with Crippen molar-refractivity contribution in [3.05, 3.63) is 18.5 Å². The molecule has 0 atom stereocenters. The maximum absolute atomic E-state index is 4.18. The maximum Gasteiger partial charge on any atom is 0.0489 e. The molecule has 0 unspecified atom stereocenters. The van der Waals surface area contributed by atoms with Crippen LogP contribution in [-0.2, 0) is 6.54 Å². The van der Waals surface area contributed by atoms with Crippen LogP contribution in [0.5, 0.6) is 0 Å². The summed E-state index contributed by atoms with van der Waals surface area (Å²) < 4.78 is 1.99. The van der Waals surface area contributed by atoms with E-state index in [1.807, 2.05) is 23.1 Å². The van der Waals surface area contributed by atoms with Crippen LogP contribution in [0.2, 0.25) is 0 Å².